The molecular formula is C12H15FN4O2. The Morgan fingerprint density at radius 1 is 1.58 bits per heavy atom. The van der Waals surface area contributed by atoms with Crippen molar-refractivity contribution in [3.63, 3.8) is 0 Å². The van der Waals surface area contributed by atoms with E-state index >= 15 is 0 Å². The monoisotopic (exact) mass is 266 g/mol. The summed E-state index contributed by atoms with van der Waals surface area (Å²) in [7, 11) is 0. The lowest BCUT2D eigenvalue weighted by molar-refractivity contribution is -0.119. The first-order valence-electron chi connectivity index (χ1n) is 5.86. The maximum absolute atomic E-state index is 13.4. The van der Waals surface area contributed by atoms with E-state index in [0.29, 0.717) is 30.6 Å². The highest BCUT2D eigenvalue weighted by Gasteiger charge is 2.20. The number of halogens is 1. The van der Waals surface area contributed by atoms with Gasteiger partial charge in [-0.05, 0) is 23.8 Å². The first-order valence-corrected chi connectivity index (χ1v) is 5.86. The number of amides is 1. The summed E-state index contributed by atoms with van der Waals surface area (Å²) in [5.41, 5.74) is 6.41. The van der Waals surface area contributed by atoms with E-state index in [1.807, 2.05) is 0 Å². The van der Waals surface area contributed by atoms with Crippen molar-refractivity contribution in [2.24, 2.45) is 10.9 Å². The summed E-state index contributed by atoms with van der Waals surface area (Å²) in [4.78, 5) is 11.0. The van der Waals surface area contributed by atoms with Crippen LogP contribution in [0.15, 0.2) is 23.4 Å². The van der Waals surface area contributed by atoms with E-state index in [0.717, 1.165) is 0 Å². The zero-order valence-electron chi connectivity index (χ0n) is 10.2. The summed E-state index contributed by atoms with van der Waals surface area (Å²) >= 11 is 0. The molecule has 1 heterocycles. The fourth-order valence-electron chi connectivity index (χ4n) is 1.97. The van der Waals surface area contributed by atoms with E-state index < -0.39 is 5.82 Å². The van der Waals surface area contributed by atoms with Gasteiger partial charge in [0.15, 0.2) is 5.84 Å². The topological polar surface area (TPSA) is 99.7 Å². The lowest BCUT2D eigenvalue weighted by Crippen LogP contribution is -2.30. The third-order valence-corrected chi connectivity index (χ3v) is 2.93. The van der Waals surface area contributed by atoms with Crippen molar-refractivity contribution in [1.82, 2.24) is 10.6 Å². The van der Waals surface area contributed by atoms with Crippen LogP contribution in [0.25, 0.3) is 0 Å². The Morgan fingerprint density at radius 3 is 3.00 bits per heavy atom. The van der Waals surface area contributed by atoms with Gasteiger partial charge in [-0.2, -0.15) is 0 Å². The number of rotatable bonds is 4. The van der Waals surface area contributed by atoms with Crippen LogP contribution in [-0.4, -0.2) is 29.5 Å². The summed E-state index contributed by atoms with van der Waals surface area (Å²) < 4.78 is 13.4. The first-order chi connectivity index (χ1) is 9.08. The normalized spacial score (nSPS) is 19.5. The Kier molecular flexibility index (Phi) is 3.96. The van der Waals surface area contributed by atoms with Gasteiger partial charge >= 0.3 is 0 Å². The summed E-state index contributed by atoms with van der Waals surface area (Å²) in [5, 5.41) is 17.3. The molecule has 0 radical (unpaired) electrons. The molecule has 19 heavy (non-hydrogen) atoms. The molecule has 1 aromatic rings. The Bertz CT molecular complexity index is 518. The van der Waals surface area contributed by atoms with Crippen LogP contribution in [0.3, 0.4) is 0 Å². The Balaban J connectivity index is 2.04. The third kappa shape index (κ3) is 3.41. The zero-order chi connectivity index (χ0) is 13.8. The lowest BCUT2D eigenvalue weighted by atomic mass is 10.1. The van der Waals surface area contributed by atoms with Crippen molar-refractivity contribution < 1.29 is 14.4 Å². The van der Waals surface area contributed by atoms with Crippen LogP contribution in [0, 0.1) is 5.82 Å². The van der Waals surface area contributed by atoms with Crippen molar-refractivity contribution in [2.75, 3.05) is 6.54 Å². The van der Waals surface area contributed by atoms with E-state index in [2.05, 4.69) is 15.8 Å². The largest absolute Gasteiger partial charge is 0.409 e. The SMILES string of the molecule is N/C(=N/O)c1cc(F)cc(CNC2CNC(=O)C2)c1. The van der Waals surface area contributed by atoms with Crippen LogP contribution in [0.5, 0.6) is 0 Å². The van der Waals surface area contributed by atoms with Gasteiger partial charge in [0.25, 0.3) is 0 Å². The molecule has 0 bridgehead atoms. The minimum absolute atomic E-state index is 0.00842. The number of amidine groups is 1. The van der Waals surface area contributed by atoms with Gasteiger partial charge in [-0.15, -0.1) is 0 Å². The lowest BCUT2D eigenvalue weighted by Gasteiger charge is -2.11. The van der Waals surface area contributed by atoms with Crippen LogP contribution in [0.1, 0.15) is 17.5 Å². The van der Waals surface area contributed by atoms with Crippen LogP contribution in [-0.2, 0) is 11.3 Å². The Hall–Kier alpha value is -2.15. The first kappa shape index (κ1) is 13.3. The number of carbonyl (C=O) groups is 1. The van der Waals surface area contributed by atoms with E-state index in [1.54, 1.807) is 6.07 Å². The second-order valence-corrected chi connectivity index (χ2v) is 4.42. The number of hydrogen-bond donors (Lipinski definition) is 4. The molecule has 6 nitrogen and oxygen atoms in total. The van der Waals surface area contributed by atoms with Crippen molar-refractivity contribution >= 4 is 11.7 Å². The molecule has 0 spiro atoms. The highest BCUT2D eigenvalue weighted by atomic mass is 19.1. The number of nitrogens with zero attached hydrogens (tertiary/aromatic N) is 1. The molecule has 0 aromatic heterocycles. The summed E-state index contributed by atoms with van der Waals surface area (Å²) in [6, 6.07) is 4.24. The van der Waals surface area contributed by atoms with Crippen LogP contribution in [0.2, 0.25) is 0 Å². The number of benzene rings is 1. The molecule has 1 amide bonds. The molecule has 0 aliphatic carbocycles. The van der Waals surface area contributed by atoms with Gasteiger partial charge in [0.1, 0.15) is 5.82 Å². The average molecular weight is 266 g/mol. The molecule has 1 aliphatic heterocycles. The van der Waals surface area contributed by atoms with E-state index in [4.69, 9.17) is 10.9 Å². The molecule has 7 heteroatoms. The highest BCUT2D eigenvalue weighted by molar-refractivity contribution is 5.97. The Morgan fingerprint density at radius 2 is 2.37 bits per heavy atom. The molecule has 1 aliphatic rings. The maximum Gasteiger partial charge on any atom is 0.221 e. The number of nitrogens with two attached hydrogens (primary N) is 1. The number of nitrogens with one attached hydrogen (secondary N) is 2. The predicted octanol–water partition coefficient (Wildman–Crippen LogP) is -0.102. The quantitative estimate of drug-likeness (QED) is 0.264. The minimum atomic E-state index is -0.457. The summed E-state index contributed by atoms with van der Waals surface area (Å²) in [6.07, 6.45) is 0.419. The molecule has 1 saturated heterocycles. The standard InChI is InChI=1S/C12H15FN4O2/c13-9-2-7(1-8(3-9)12(14)17-19)5-15-10-4-11(18)16-6-10/h1-3,10,15,19H,4-6H2,(H2,14,17)(H,16,18). The zero-order valence-corrected chi connectivity index (χ0v) is 10.2. The second kappa shape index (κ2) is 5.66. The minimum Gasteiger partial charge on any atom is -0.409 e. The molecular weight excluding hydrogens is 251 g/mol. The van der Waals surface area contributed by atoms with Gasteiger partial charge in [-0.1, -0.05) is 5.16 Å². The van der Waals surface area contributed by atoms with Crippen molar-refractivity contribution in [3.05, 3.63) is 35.1 Å². The van der Waals surface area contributed by atoms with Gasteiger partial charge in [0.2, 0.25) is 5.91 Å². The number of hydrogen-bond acceptors (Lipinski definition) is 4. The number of carbonyl (C=O) groups excluding carboxylic acids is 1. The number of oxime groups is 1. The fraction of sp³-hybridized carbons (Fsp3) is 0.333. The highest BCUT2D eigenvalue weighted by Crippen LogP contribution is 2.10. The van der Waals surface area contributed by atoms with E-state index in [1.165, 1.54) is 12.1 Å². The Labute approximate surface area is 109 Å². The molecule has 2 rings (SSSR count). The average Bonchev–Trinajstić information content (AvgIpc) is 2.80. The second-order valence-electron chi connectivity index (χ2n) is 4.42. The summed E-state index contributed by atoms with van der Waals surface area (Å²) in [6.45, 7) is 0.977. The van der Waals surface area contributed by atoms with Gasteiger partial charge in [0.05, 0.1) is 0 Å². The molecule has 0 saturated carbocycles. The molecule has 1 aromatic carbocycles. The van der Waals surface area contributed by atoms with E-state index in [-0.39, 0.29) is 17.8 Å². The maximum atomic E-state index is 13.4. The van der Waals surface area contributed by atoms with Gasteiger partial charge in [0, 0.05) is 31.1 Å². The van der Waals surface area contributed by atoms with Gasteiger partial charge in [-0.25, -0.2) is 4.39 Å². The third-order valence-electron chi connectivity index (χ3n) is 2.93. The molecule has 1 fully saturated rings. The molecule has 5 N–H and O–H groups in total. The van der Waals surface area contributed by atoms with Crippen LogP contribution in [0.4, 0.5) is 4.39 Å². The van der Waals surface area contributed by atoms with E-state index in [9.17, 15) is 9.18 Å². The predicted molar refractivity (Wildman–Crippen MR) is 67.2 cm³/mol. The fourth-order valence-corrected chi connectivity index (χ4v) is 1.97. The van der Waals surface area contributed by atoms with Crippen molar-refractivity contribution in [3.8, 4) is 0 Å². The molecule has 102 valence electrons. The smallest absolute Gasteiger partial charge is 0.221 e. The van der Waals surface area contributed by atoms with Gasteiger partial charge in [-0.3, -0.25) is 4.79 Å². The van der Waals surface area contributed by atoms with Crippen LogP contribution < -0.4 is 16.4 Å². The summed E-state index contributed by atoms with van der Waals surface area (Å²) in [5.74, 6) is -0.589. The van der Waals surface area contributed by atoms with Crippen LogP contribution >= 0.6 is 0 Å². The molecule has 1 atom stereocenters. The van der Waals surface area contributed by atoms with Gasteiger partial charge < -0.3 is 21.6 Å². The molecule has 1 unspecified atom stereocenters. The van der Waals surface area contributed by atoms with Crippen molar-refractivity contribution in [2.45, 2.75) is 19.0 Å². The van der Waals surface area contributed by atoms with Crippen molar-refractivity contribution in [1.29, 1.82) is 0 Å².